The zero-order valence-electron chi connectivity index (χ0n) is 16.2. The van der Waals surface area contributed by atoms with Crippen LogP contribution < -0.4 is 16.0 Å². The third kappa shape index (κ3) is 4.29. The summed E-state index contributed by atoms with van der Waals surface area (Å²) in [5.74, 6) is -2.52. The van der Waals surface area contributed by atoms with Crippen molar-refractivity contribution >= 4 is 23.8 Å². The molecule has 1 aliphatic heterocycles. The lowest BCUT2D eigenvalue weighted by Crippen LogP contribution is -2.65. The highest BCUT2D eigenvalue weighted by molar-refractivity contribution is 5.90. The largest absolute Gasteiger partial charge is 0.481 e. The Balaban J connectivity index is 1.73. The van der Waals surface area contributed by atoms with E-state index in [1.165, 1.54) is 0 Å². The smallest absolute Gasteiger partial charge is 0.328 e. The molecule has 156 valence electrons. The average Bonchev–Trinajstić information content (AvgIpc) is 3.22. The van der Waals surface area contributed by atoms with Crippen LogP contribution >= 0.6 is 0 Å². The highest BCUT2D eigenvalue weighted by atomic mass is 16.5. The number of fused-ring (bicyclic) bond motifs is 3. The van der Waals surface area contributed by atoms with Crippen LogP contribution in [-0.4, -0.2) is 60.1 Å². The molecule has 0 spiro atoms. The Morgan fingerprint density at radius 1 is 1.18 bits per heavy atom. The molecule has 3 atom stereocenters. The van der Waals surface area contributed by atoms with Gasteiger partial charge in [-0.3, -0.25) is 14.4 Å². The van der Waals surface area contributed by atoms with Gasteiger partial charge in [0.15, 0.2) is 0 Å². The first-order valence-corrected chi connectivity index (χ1v) is 10.00. The number of hydrogen-bond donors (Lipinski definition) is 4. The molecule has 0 radical (unpaired) electrons. The number of esters is 1. The van der Waals surface area contributed by atoms with Gasteiger partial charge in [-0.05, 0) is 57.4 Å². The molecule has 1 heterocycles. The van der Waals surface area contributed by atoms with Crippen LogP contribution in [0.15, 0.2) is 0 Å². The van der Waals surface area contributed by atoms with Crippen LogP contribution in [0.2, 0.25) is 0 Å². The van der Waals surface area contributed by atoms with Gasteiger partial charge in [0.05, 0.1) is 31.0 Å². The fraction of sp³-hybridized carbons (Fsp3) is 0.789. The Morgan fingerprint density at radius 2 is 1.89 bits per heavy atom. The molecule has 0 aromatic heterocycles. The molecule has 3 saturated carbocycles. The Labute approximate surface area is 163 Å². The van der Waals surface area contributed by atoms with Crippen molar-refractivity contribution < 1.29 is 29.0 Å². The number of carbonyl (C=O) groups excluding carboxylic acids is 3. The Bertz CT molecular complexity index is 638. The van der Waals surface area contributed by atoms with Crippen LogP contribution in [0, 0.1) is 11.8 Å². The van der Waals surface area contributed by atoms with E-state index in [0.29, 0.717) is 12.3 Å². The summed E-state index contributed by atoms with van der Waals surface area (Å²) in [6, 6.07) is -1.47. The van der Waals surface area contributed by atoms with Crippen LogP contribution in [0.5, 0.6) is 0 Å². The van der Waals surface area contributed by atoms with Crippen molar-refractivity contribution in [2.75, 3.05) is 13.7 Å². The number of aliphatic carboxylic acids is 1. The second-order valence-corrected chi connectivity index (χ2v) is 8.21. The maximum atomic E-state index is 13.0. The van der Waals surface area contributed by atoms with Gasteiger partial charge in [-0.2, -0.15) is 0 Å². The Hall–Kier alpha value is -2.16. The quantitative estimate of drug-likeness (QED) is 0.444. The van der Waals surface area contributed by atoms with Gasteiger partial charge in [0, 0.05) is 0 Å². The minimum atomic E-state index is -1.24. The first-order chi connectivity index (χ1) is 13.3. The number of nitrogens with one attached hydrogen (secondary N) is 3. The summed E-state index contributed by atoms with van der Waals surface area (Å²) in [6.07, 6.45) is 5.17. The van der Waals surface area contributed by atoms with E-state index in [1.807, 2.05) is 0 Å². The fourth-order valence-electron chi connectivity index (χ4n) is 4.93. The summed E-state index contributed by atoms with van der Waals surface area (Å²) in [5.41, 5.74) is -0.635. The number of rotatable bonds is 7. The van der Waals surface area contributed by atoms with Gasteiger partial charge < -0.3 is 25.8 Å². The number of ether oxygens (including phenoxy) is 1. The van der Waals surface area contributed by atoms with Gasteiger partial charge in [0.1, 0.15) is 6.04 Å². The number of carbonyl (C=O) groups is 4. The molecule has 0 aromatic rings. The van der Waals surface area contributed by atoms with Gasteiger partial charge >= 0.3 is 11.9 Å². The number of carboxylic acid groups (broad SMARTS) is 1. The number of hydrogen-bond acceptors (Lipinski definition) is 6. The lowest BCUT2D eigenvalue weighted by Gasteiger charge is -2.52. The van der Waals surface area contributed by atoms with Gasteiger partial charge in [0.25, 0.3) is 0 Å². The van der Waals surface area contributed by atoms with Gasteiger partial charge in [0.2, 0.25) is 11.8 Å². The number of methoxy groups -OCH3 is 1. The summed E-state index contributed by atoms with van der Waals surface area (Å²) >= 11 is 0. The van der Waals surface area contributed by atoms with Crippen LogP contribution in [0.1, 0.15) is 51.4 Å². The van der Waals surface area contributed by atoms with Crippen LogP contribution in [-0.2, 0) is 23.9 Å². The molecule has 3 aliphatic carbocycles. The van der Waals surface area contributed by atoms with E-state index in [4.69, 9.17) is 5.11 Å². The van der Waals surface area contributed by atoms with Crippen molar-refractivity contribution in [2.24, 2.45) is 11.8 Å². The molecule has 0 unspecified atom stereocenters. The third-order valence-corrected chi connectivity index (χ3v) is 6.48. The molecule has 1 saturated heterocycles. The van der Waals surface area contributed by atoms with Crippen LogP contribution in [0.4, 0.5) is 0 Å². The van der Waals surface area contributed by atoms with Gasteiger partial charge in [-0.1, -0.05) is 0 Å². The summed E-state index contributed by atoms with van der Waals surface area (Å²) < 4.78 is 4.63. The van der Waals surface area contributed by atoms with Crippen molar-refractivity contribution in [2.45, 2.75) is 69.0 Å². The predicted octanol–water partition coefficient (Wildman–Crippen LogP) is -0.0640. The monoisotopic (exact) mass is 395 g/mol. The maximum Gasteiger partial charge on any atom is 0.328 e. The molecule has 28 heavy (non-hydrogen) atoms. The molecular weight excluding hydrogens is 366 g/mol. The molecule has 2 bridgehead atoms. The van der Waals surface area contributed by atoms with E-state index in [9.17, 15) is 19.2 Å². The summed E-state index contributed by atoms with van der Waals surface area (Å²) in [4.78, 5) is 48.7. The summed E-state index contributed by atoms with van der Waals surface area (Å²) in [7, 11) is 1.15. The standard InChI is InChI=1S/C19H29N3O6/c1-28-18(27)14(10-15(23)24)21-16(25)12-9-11-4-6-19(12,7-5-11)22-17(26)13-3-2-8-20-13/h11-14,20H,2-10H2,1H3,(H,21,25)(H,22,26)(H,23,24)/t11?,12-,13-,14-,19?/m0/s1. The SMILES string of the molecule is COC(=O)[C@H](CC(=O)O)NC(=O)[C@@H]1CC2CCC1(NC(=O)[C@@H]1CCCN1)CC2. The summed E-state index contributed by atoms with van der Waals surface area (Å²) in [6.45, 7) is 0.813. The van der Waals surface area contributed by atoms with E-state index in [1.54, 1.807) is 0 Å². The van der Waals surface area contributed by atoms with Crippen LogP contribution in [0.3, 0.4) is 0 Å². The van der Waals surface area contributed by atoms with Gasteiger partial charge in [-0.15, -0.1) is 0 Å². The van der Waals surface area contributed by atoms with Crippen molar-refractivity contribution in [3.05, 3.63) is 0 Å². The fourth-order valence-corrected chi connectivity index (χ4v) is 4.93. The molecule has 9 nitrogen and oxygen atoms in total. The van der Waals surface area contributed by atoms with Gasteiger partial charge in [-0.25, -0.2) is 4.79 Å². The first-order valence-electron chi connectivity index (χ1n) is 10.00. The lowest BCUT2D eigenvalue weighted by molar-refractivity contribution is -0.151. The predicted molar refractivity (Wildman–Crippen MR) is 98.2 cm³/mol. The second kappa shape index (κ2) is 8.46. The number of carboxylic acids is 1. The minimum absolute atomic E-state index is 0.0781. The van der Waals surface area contributed by atoms with E-state index in [2.05, 4.69) is 20.7 Å². The third-order valence-electron chi connectivity index (χ3n) is 6.48. The summed E-state index contributed by atoms with van der Waals surface area (Å²) in [5, 5.41) is 17.9. The van der Waals surface area contributed by atoms with Crippen molar-refractivity contribution in [3.63, 3.8) is 0 Å². The minimum Gasteiger partial charge on any atom is -0.481 e. The molecule has 9 heteroatoms. The average molecular weight is 395 g/mol. The maximum absolute atomic E-state index is 13.0. The van der Waals surface area contributed by atoms with Crippen molar-refractivity contribution in [3.8, 4) is 0 Å². The Morgan fingerprint density at radius 3 is 2.46 bits per heavy atom. The highest BCUT2D eigenvalue weighted by Crippen LogP contribution is 2.48. The molecule has 4 N–H and O–H groups in total. The molecule has 2 amide bonds. The zero-order valence-corrected chi connectivity index (χ0v) is 16.2. The topological polar surface area (TPSA) is 134 Å². The number of amides is 2. The van der Waals surface area contributed by atoms with E-state index in [0.717, 1.165) is 52.2 Å². The normalized spacial score (nSPS) is 32.4. The first kappa shape index (κ1) is 20.6. The molecule has 0 aromatic carbocycles. The van der Waals surface area contributed by atoms with E-state index < -0.39 is 35.9 Å². The lowest BCUT2D eigenvalue weighted by atomic mass is 9.59. The van der Waals surface area contributed by atoms with Crippen molar-refractivity contribution in [1.82, 2.24) is 16.0 Å². The second-order valence-electron chi connectivity index (χ2n) is 8.21. The molecule has 4 fully saturated rings. The zero-order chi connectivity index (χ0) is 20.3. The molecule has 4 aliphatic rings. The highest BCUT2D eigenvalue weighted by Gasteiger charge is 2.52. The van der Waals surface area contributed by atoms with Crippen LogP contribution in [0.25, 0.3) is 0 Å². The van der Waals surface area contributed by atoms with E-state index >= 15 is 0 Å². The molecule has 4 rings (SSSR count). The Kier molecular flexibility index (Phi) is 6.22. The molecular formula is C19H29N3O6. The van der Waals surface area contributed by atoms with E-state index in [-0.39, 0.29) is 17.9 Å². The van der Waals surface area contributed by atoms with Crippen molar-refractivity contribution in [1.29, 1.82) is 0 Å².